The van der Waals surface area contributed by atoms with E-state index in [-0.39, 0.29) is 17.0 Å². The minimum atomic E-state index is 0. The largest absolute Gasteiger partial charge is 1.00 e. The molecule has 1 aliphatic rings. The molecule has 1 rings (SSSR count). The minimum absolute atomic E-state index is 0. The van der Waals surface area contributed by atoms with Gasteiger partial charge >= 0.3 is 0 Å². The molecule has 54 valence electrons. The Bertz CT molecular complexity index is 120. The minimum Gasteiger partial charge on any atom is -1.00 e. The van der Waals surface area contributed by atoms with Crippen LogP contribution in [0.5, 0.6) is 0 Å². The van der Waals surface area contributed by atoms with Crippen molar-refractivity contribution >= 4 is 5.84 Å². The van der Waals surface area contributed by atoms with Crippen LogP contribution in [0.15, 0.2) is 0 Å². The third-order valence-electron chi connectivity index (χ3n) is 1.57. The summed E-state index contributed by atoms with van der Waals surface area (Å²) in [6, 6.07) is 0. The Balaban J connectivity index is 0.000000640. The van der Waals surface area contributed by atoms with Gasteiger partial charge in [0, 0.05) is 6.42 Å². The van der Waals surface area contributed by atoms with Crippen molar-refractivity contribution in [1.29, 1.82) is 0 Å². The van der Waals surface area contributed by atoms with E-state index in [4.69, 9.17) is 0 Å². The third kappa shape index (κ3) is 1.97. The third-order valence-corrected chi connectivity index (χ3v) is 1.57. The lowest BCUT2D eigenvalue weighted by molar-refractivity contribution is -0.487. The molecule has 0 amide bonds. The molecule has 0 atom stereocenters. The Labute approximate surface area is 66.7 Å². The predicted octanol–water partition coefficient (Wildman–Crippen LogP) is -2.96. The lowest BCUT2D eigenvalue weighted by atomic mass is 10.4. The molecule has 0 saturated carbocycles. The van der Waals surface area contributed by atoms with Crippen molar-refractivity contribution in [2.24, 2.45) is 0 Å². The molecule has 0 aromatic carbocycles. The van der Waals surface area contributed by atoms with Gasteiger partial charge in [-0.3, -0.25) is 9.89 Å². The van der Waals surface area contributed by atoms with E-state index in [1.165, 1.54) is 12.4 Å². The van der Waals surface area contributed by atoms with E-state index < -0.39 is 0 Å². The molecule has 1 heterocycles. The first-order valence-corrected chi connectivity index (χ1v) is 3.15. The molecule has 0 aliphatic carbocycles. The molecule has 2 nitrogen and oxygen atoms in total. The number of hydrogen-bond donors (Lipinski definition) is 1. The molecular formula is C6H13BrN2. The second-order valence-corrected chi connectivity index (χ2v) is 2.15. The van der Waals surface area contributed by atoms with E-state index in [0.717, 1.165) is 13.0 Å². The zero-order valence-corrected chi connectivity index (χ0v) is 7.53. The lowest BCUT2D eigenvalue weighted by Crippen LogP contribution is -3.00. The predicted molar refractivity (Wildman–Crippen MR) is 34.4 cm³/mol. The first-order chi connectivity index (χ1) is 3.84. The topological polar surface area (TPSA) is 15.0 Å². The second-order valence-electron chi connectivity index (χ2n) is 2.15. The highest BCUT2D eigenvalue weighted by Crippen LogP contribution is 1.86. The summed E-state index contributed by atoms with van der Waals surface area (Å²) in [7, 11) is 2.12. The van der Waals surface area contributed by atoms with Crippen LogP contribution in [0.25, 0.3) is 0 Å². The fraction of sp³-hybridized carbons (Fsp3) is 0.833. The highest BCUT2D eigenvalue weighted by molar-refractivity contribution is 5.77. The number of rotatable bonds is 1. The Morgan fingerprint density at radius 3 is 2.56 bits per heavy atom. The van der Waals surface area contributed by atoms with Crippen molar-refractivity contribution in [1.82, 2.24) is 5.32 Å². The fourth-order valence-electron chi connectivity index (χ4n) is 1.03. The maximum Gasteiger partial charge on any atom is 0.244 e. The van der Waals surface area contributed by atoms with Crippen molar-refractivity contribution in [3.8, 4) is 0 Å². The second kappa shape index (κ2) is 3.88. The molecule has 1 N–H and O–H groups in total. The molecule has 0 bridgehead atoms. The van der Waals surface area contributed by atoms with Crippen LogP contribution in [0.2, 0.25) is 0 Å². The van der Waals surface area contributed by atoms with Gasteiger partial charge in [-0.1, -0.05) is 6.92 Å². The molecule has 3 heteroatoms. The standard InChI is InChI=1S/C6H12N2.BrH/c1-3-6-7-4-5-8(6)2;/h3-5H2,1-2H3;1H. The normalized spacial score (nSPS) is 17.1. The lowest BCUT2D eigenvalue weighted by Gasteiger charge is -1.89. The molecule has 0 aromatic heterocycles. The van der Waals surface area contributed by atoms with Crippen LogP contribution in [0.1, 0.15) is 13.3 Å². The molecule has 0 spiro atoms. The molecule has 0 radical (unpaired) electrons. The van der Waals surface area contributed by atoms with E-state index in [0.29, 0.717) is 0 Å². The van der Waals surface area contributed by atoms with Crippen molar-refractivity contribution in [3.63, 3.8) is 0 Å². The summed E-state index contributed by atoms with van der Waals surface area (Å²) in [5.74, 6) is 1.38. The van der Waals surface area contributed by atoms with E-state index in [1.54, 1.807) is 0 Å². The summed E-state index contributed by atoms with van der Waals surface area (Å²) in [6.07, 6.45) is 1.14. The smallest absolute Gasteiger partial charge is 0.244 e. The van der Waals surface area contributed by atoms with Gasteiger partial charge in [0.15, 0.2) is 0 Å². The molecule has 0 unspecified atom stereocenters. The number of likely N-dealkylation sites (N-methyl/N-ethyl adjacent to an activating group) is 1. The Morgan fingerprint density at radius 2 is 2.33 bits per heavy atom. The van der Waals surface area contributed by atoms with E-state index >= 15 is 0 Å². The first kappa shape index (κ1) is 8.95. The maximum absolute atomic E-state index is 3.30. The van der Waals surface area contributed by atoms with Crippen LogP contribution in [0, 0.1) is 0 Å². The number of nitrogens with one attached hydrogen (secondary N) is 1. The summed E-state index contributed by atoms with van der Waals surface area (Å²) < 4.78 is 2.26. The molecular weight excluding hydrogens is 180 g/mol. The Morgan fingerprint density at radius 1 is 1.67 bits per heavy atom. The van der Waals surface area contributed by atoms with Gasteiger partial charge < -0.3 is 17.0 Å². The summed E-state index contributed by atoms with van der Waals surface area (Å²) in [6.45, 7) is 4.47. The average Bonchev–Trinajstić information content (AvgIpc) is 2.14. The quantitative estimate of drug-likeness (QED) is 0.440. The molecule has 0 fully saturated rings. The van der Waals surface area contributed by atoms with Crippen molar-refractivity contribution in [3.05, 3.63) is 0 Å². The van der Waals surface area contributed by atoms with Gasteiger partial charge in [0.05, 0.1) is 7.05 Å². The average molecular weight is 193 g/mol. The van der Waals surface area contributed by atoms with Crippen LogP contribution in [0.4, 0.5) is 0 Å². The fourth-order valence-corrected chi connectivity index (χ4v) is 1.03. The van der Waals surface area contributed by atoms with E-state index in [1.807, 2.05) is 0 Å². The highest BCUT2D eigenvalue weighted by Gasteiger charge is 2.13. The number of halogens is 1. The van der Waals surface area contributed by atoms with E-state index in [9.17, 15) is 0 Å². The highest BCUT2D eigenvalue weighted by atomic mass is 79.9. The zero-order valence-electron chi connectivity index (χ0n) is 5.95. The Hall–Kier alpha value is -0.0500. The molecule has 9 heavy (non-hydrogen) atoms. The zero-order chi connectivity index (χ0) is 5.98. The van der Waals surface area contributed by atoms with Crippen LogP contribution >= 0.6 is 0 Å². The SMILES string of the molecule is CCC1=[N+](C)CCN1.[Br-]. The van der Waals surface area contributed by atoms with Crippen molar-refractivity contribution in [2.75, 3.05) is 20.1 Å². The van der Waals surface area contributed by atoms with Gasteiger partial charge in [0.1, 0.15) is 13.1 Å². The van der Waals surface area contributed by atoms with Gasteiger partial charge in [0.2, 0.25) is 5.84 Å². The van der Waals surface area contributed by atoms with Crippen LogP contribution in [0.3, 0.4) is 0 Å². The van der Waals surface area contributed by atoms with Crippen molar-refractivity contribution in [2.45, 2.75) is 13.3 Å². The first-order valence-electron chi connectivity index (χ1n) is 3.15. The number of hydrogen-bond acceptors (Lipinski definition) is 1. The van der Waals surface area contributed by atoms with Crippen LogP contribution in [-0.2, 0) is 0 Å². The number of amidine groups is 1. The van der Waals surface area contributed by atoms with Gasteiger partial charge in [-0.25, -0.2) is 0 Å². The summed E-state index contributed by atoms with van der Waals surface area (Å²) >= 11 is 0. The molecule has 0 aromatic rings. The van der Waals surface area contributed by atoms with Crippen LogP contribution < -0.4 is 22.3 Å². The van der Waals surface area contributed by atoms with E-state index in [2.05, 4.69) is 23.9 Å². The maximum atomic E-state index is 3.30. The summed E-state index contributed by atoms with van der Waals surface area (Å²) in [5.41, 5.74) is 0. The molecule has 0 saturated heterocycles. The van der Waals surface area contributed by atoms with Gasteiger partial charge in [-0.15, -0.1) is 0 Å². The Kier molecular flexibility index (Phi) is 3.86. The molecule has 1 aliphatic heterocycles. The summed E-state index contributed by atoms with van der Waals surface area (Å²) in [4.78, 5) is 0. The van der Waals surface area contributed by atoms with Gasteiger partial charge in [0.25, 0.3) is 0 Å². The monoisotopic (exact) mass is 192 g/mol. The summed E-state index contributed by atoms with van der Waals surface area (Å²) in [5, 5.41) is 3.30. The van der Waals surface area contributed by atoms with Crippen molar-refractivity contribution < 1.29 is 21.6 Å². The van der Waals surface area contributed by atoms with Crippen LogP contribution in [-0.4, -0.2) is 30.5 Å². The van der Waals surface area contributed by atoms with Gasteiger partial charge in [-0.2, -0.15) is 0 Å². The number of nitrogens with zero attached hydrogens (tertiary/aromatic N) is 1. The van der Waals surface area contributed by atoms with Gasteiger partial charge in [-0.05, 0) is 0 Å².